The highest BCUT2D eigenvalue weighted by atomic mass is 35.5. The Morgan fingerprint density at radius 1 is 1.04 bits per heavy atom. The van der Waals surface area contributed by atoms with Crippen LogP contribution >= 0.6 is 11.6 Å². The predicted octanol–water partition coefficient (Wildman–Crippen LogP) is 4.80. The van der Waals surface area contributed by atoms with Crippen LogP contribution in [0.3, 0.4) is 0 Å². The van der Waals surface area contributed by atoms with Crippen LogP contribution in [0.1, 0.15) is 46.1 Å². The number of anilines is 1. The molecule has 0 spiro atoms. The molecular formula is C21H27ClN2O3S. The SMILES string of the molecule is CC(C)[C@H](C(=O)Nc1cccc(S(=O)(=O)NC(C)(C)C)c1)c1ccc(Cl)cc1. The third-order valence-electron chi connectivity index (χ3n) is 4.03. The van der Waals surface area contributed by atoms with Gasteiger partial charge >= 0.3 is 0 Å². The minimum Gasteiger partial charge on any atom is -0.326 e. The van der Waals surface area contributed by atoms with Gasteiger partial charge in [0.2, 0.25) is 15.9 Å². The van der Waals surface area contributed by atoms with Gasteiger partial charge in [0.25, 0.3) is 0 Å². The molecule has 1 amide bonds. The molecular weight excluding hydrogens is 396 g/mol. The number of hydrogen-bond donors (Lipinski definition) is 2. The van der Waals surface area contributed by atoms with Crippen molar-refractivity contribution in [3.8, 4) is 0 Å². The standard InChI is InChI=1S/C21H27ClN2O3S/c1-14(2)19(15-9-11-16(22)12-10-15)20(25)23-17-7-6-8-18(13-17)28(26,27)24-21(3,4)5/h6-14,19,24H,1-5H3,(H,23,25)/t19-/m0/s1. The second-order valence-corrected chi connectivity index (χ2v) is 10.3. The van der Waals surface area contributed by atoms with Gasteiger partial charge in [0.15, 0.2) is 0 Å². The highest BCUT2D eigenvalue weighted by Gasteiger charge is 2.25. The van der Waals surface area contributed by atoms with E-state index in [0.717, 1.165) is 5.56 Å². The molecule has 2 aromatic rings. The number of hydrogen-bond acceptors (Lipinski definition) is 3. The highest BCUT2D eigenvalue weighted by molar-refractivity contribution is 7.89. The molecule has 0 aliphatic carbocycles. The topological polar surface area (TPSA) is 75.3 Å². The van der Waals surface area contributed by atoms with Crippen molar-refractivity contribution in [3.63, 3.8) is 0 Å². The van der Waals surface area contributed by atoms with Gasteiger partial charge in [0.1, 0.15) is 0 Å². The number of amides is 1. The summed E-state index contributed by atoms with van der Waals surface area (Å²) >= 11 is 5.95. The van der Waals surface area contributed by atoms with E-state index in [1.807, 2.05) is 26.0 Å². The van der Waals surface area contributed by atoms with Gasteiger partial charge in [-0.05, 0) is 62.6 Å². The van der Waals surface area contributed by atoms with Crippen LogP contribution in [-0.4, -0.2) is 19.9 Å². The van der Waals surface area contributed by atoms with Crippen LogP contribution in [-0.2, 0) is 14.8 Å². The molecule has 152 valence electrons. The first-order valence-electron chi connectivity index (χ1n) is 9.09. The maximum absolute atomic E-state index is 12.9. The molecule has 2 aromatic carbocycles. The van der Waals surface area contributed by atoms with Crippen LogP contribution in [0.5, 0.6) is 0 Å². The number of benzene rings is 2. The molecule has 5 nitrogen and oxygen atoms in total. The molecule has 7 heteroatoms. The number of halogens is 1. The molecule has 1 atom stereocenters. The van der Waals surface area contributed by atoms with Crippen molar-refractivity contribution in [1.82, 2.24) is 4.72 Å². The largest absolute Gasteiger partial charge is 0.326 e. The average Bonchev–Trinajstić information content (AvgIpc) is 2.54. The van der Waals surface area contributed by atoms with Gasteiger partial charge in [0, 0.05) is 16.2 Å². The summed E-state index contributed by atoms with van der Waals surface area (Å²) < 4.78 is 27.7. The molecule has 0 saturated heterocycles. The quantitative estimate of drug-likeness (QED) is 0.702. The maximum atomic E-state index is 12.9. The first-order valence-corrected chi connectivity index (χ1v) is 11.0. The first kappa shape index (κ1) is 22.4. The van der Waals surface area contributed by atoms with E-state index in [-0.39, 0.29) is 22.6 Å². The van der Waals surface area contributed by atoms with E-state index in [1.54, 1.807) is 45.0 Å². The van der Waals surface area contributed by atoms with Crippen molar-refractivity contribution in [2.45, 2.75) is 51.0 Å². The van der Waals surface area contributed by atoms with E-state index in [9.17, 15) is 13.2 Å². The fourth-order valence-corrected chi connectivity index (χ4v) is 4.52. The molecule has 0 bridgehead atoms. The third kappa shape index (κ3) is 6.06. The Labute approximate surface area is 172 Å². The van der Waals surface area contributed by atoms with Crippen LogP contribution in [0, 0.1) is 5.92 Å². The first-order chi connectivity index (χ1) is 12.9. The van der Waals surface area contributed by atoms with Gasteiger partial charge in [-0.3, -0.25) is 4.79 Å². The number of rotatable bonds is 6. The summed E-state index contributed by atoms with van der Waals surface area (Å²) in [5.74, 6) is -0.531. The lowest BCUT2D eigenvalue weighted by Crippen LogP contribution is -2.40. The van der Waals surface area contributed by atoms with Gasteiger partial charge in [-0.25, -0.2) is 13.1 Å². The zero-order chi connectivity index (χ0) is 21.1. The van der Waals surface area contributed by atoms with E-state index in [4.69, 9.17) is 11.6 Å². The molecule has 0 fully saturated rings. The van der Waals surface area contributed by atoms with Crippen molar-refractivity contribution >= 4 is 33.2 Å². The fourth-order valence-electron chi connectivity index (χ4n) is 2.93. The van der Waals surface area contributed by atoms with Gasteiger partial charge < -0.3 is 5.32 Å². The van der Waals surface area contributed by atoms with E-state index in [2.05, 4.69) is 10.0 Å². The Hall–Kier alpha value is -1.89. The smallest absolute Gasteiger partial charge is 0.241 e. The molecule has 0 aliphatic heterocycles. The summed E-state index contributed by atoms with van der Waals surface area (Å²) in [6, 6.07) is 13.4. The molecule has 0 saturated carbocycles. The van der Waals surface area contributed by atoms with Crippen molar-refractivity contribution in [3.05, 3.63) is 59.1 Å². The Morgan fingerprint density at radius 2 is 1.64 bits per heavy atom. The van der Waals surface area contributed by atoms with Crippen molar-refractivity contribution < 1.29 is 13.2 Å². The van der Waals surface area contributed by atoms with Gasteiger partial charge in [0.05, 0.1) is 10.8 Å². The predicted molar refractivity (Wildman–Crippen MR) is 114 cm³/mol. The molecule has 2 N–H and O–H groups in total. The van der Waals surface area contributed by atoms with Crippen LogP contribution < -0.4 is 10.0 Å². The Kier molecular flexibility index (Phi) is 6.91. The summed E-state index contributed by atoms with van der Waals surface area (Å²) in [6.07, 6.45) is 0. The van der Waals surface area contributed by atoms with Crippen LogP contribution in [0.4, 0.5) is 5.69 Å². The highest BCUT2D eigenvalue weighted by Crippen LogP contribution is 2.28. The summed E-state index contributed by atoms with van der Waals surface area (Å²) in [5, 5.41) is 3.45. The number of carbonyl (C=O) groups is 1. The Morgan fingerprint density at radius 3 is 2.18 bits per heavy atom. The monoisotopic (exact) mass is 422 g/mol. The third-order valence-corrected chi connectivity index (χ3v) is 6.04. The molecule has 0 unspecified atom stereocenters. The van der Waals surface area contributed by atoms with Crippen molar-refractivity contribution in [2.24, 2.45) is 5.92 Å². The normalized spacial score (nSPS) is 13.4. The summed E-state index contributed by atoms with van der Waals surface area (Å²) in [6.45, 7) is 9.25. The van der Waals surface area contributed by atoms with E-state index in [1.165, 1.54) is 12.1 Å². The van der Waals surface area contributed by atoms with Crippen molar-refractivity contribution in [1.29, 1.82) is 0 Å². The zero-order valence-electron chi connectivity index (χ0n) is 16.8. The fraction of sp³-hybridized carbons (Fsp3) is 0.381. The maximum Gasteiger partial charge on any atom is 0.241 e. The molecule has 0 aliphatic rings. The van der Waals surface area contributed by atoms with E-state index in [0.29, 0.717) is 10.7 Å². The van der Waals surface area contributed by atoms with Gasteiger partial charge in [-0.1, -0.05) is 43.6 Å². The van der Waals surface area contributed by atoms with Gasteiger partial charge in [-0.15, -0.1) is 0 Å². The Bertz CT molecular complexity index is 933. The van der Waals surface area contributed by atoms with Crippen LogP contribution in [0.15, 0.2) is 53.4 Å². The number of carbonyl (C=O) groups excluding carboxylic acids is 1. The lowest BCUT2D eigenvalue weighted by atomic mass is 9.87. The number of sulfonamides is 1. The average molecular weight is 423 g/mol. The minimum absolute atomic E-state index is 0.0515. The molecule has 0 heterocycles. The molecule has 0 aromatic heterocycles. The lowest BCUT2D eigenvalue weighted by molar-refractivity contribution is -0.118. The lowest BCUT2D eigenvalue weighted by Gasteiger charge is -2.22. The second-order valence-electron chi connectivity index (χ2n) is 8.15. The molecule has 0 radical (unpaired) electrons. The van der Waals surface area contributed by atoms with Crippen LogP contribution in [0.2, 0.25) is 5.02 Å². The van der Waals surface area contributed by atoms with E-state index >= 15 is 0 Å². The zero-order valence-corrected chi connectivity index (χ0v) is 18.4. The second kappa shape index (κ2) is 8.64. The van der Waals surface area contributed by atoms with E-state index < -0.39 is 15.6 Å². The van der Waals surface area contributed by atoms with Gasteiger partial charge in [-0.2, -0.15) is 0 Å². The Balaban J connectivity index is 2.27. The van der Waals surface area contributed by atoms with Crippen molar-refractivity contribution in [2.75, 3.05) is 5.32 Å². The summed E-state index contributed by atoms with van der Waals surface area (Å²) in [4.78, 5) is 13.0. The van der Waals surface area contributed by atoms with Crippen LogP contribution in [0.25, 0.3) is 0 Å². The summed E-state index contributed by atoms with van der Waals surface area (Å²) in [7, 11) is -3.69. The molecule has 28 heavy (non-hydrogen) atoms. The molecule has 2 rings (SSSR count). The number of nitrogens with one attached hydrogen (secondary N) is 2. The minimum atomic E-state index is -3.69. The summed E-state index contributed by atoms with van der Waals surface area (Å²) in [5.41, 5.74) is 0.687.